The highest BCUT2D eigenvalue weighted by atomic mass is 35.5. The number of nitrogens with zero attached hydrogens (tertiary/aromatic N) is 1. The summed E-state index contributed by atoms with van der Waals surface area (Å²) in [6.07, 6.45) is 0.290. The lowest BCUT2D eigenvalue weighted by Gasteiger charge is -2.26. The summed E-state index contributed by atoms with van der Waals surface area (Å²) in [5.74, 6) is 0.0267. The second kappa shape index (κ2) is 8.92. The Morgan fingerprint density at radius 1 is 1.09 bits per heavy atom. The Morgan fingerprint density at radius 3 is 2.22 bits per heavy atom. The Morgan fingerprint density at radius 2 is 1.65 bits per heavy atom. The van der Waals surface area contributed by atoms with Crippen molar-refractivity contribution in [2.45, 2.75) is 25.4 Å². The van der Waals surface area contributed by atoms with E-state index >= 15 is 0 Å². The molecule has 2 N–H and O–H groups in total. The van der Waals surface area contributed by atoms with Crippen molar-refractivity contribution in [3.63, 3.8) is 0 Å². The third-order valence-corrected chi connectivity index (χ3v) is 4.20. The molecule has 124 valence electrons. The minimum absolute atomic E-state index is 0. The Kier molecular flexibility index (Phi) is 7.56. The molecule has 2 aromatic carbocycles. The maximum atomic E-state index is 12.4. The molecule has 0 aliphatic carbocycles. The van der Waals surface area contributed by atoms with Gasteiger partial charge in [0, 0.05) is 24.5 Å². The molecule has 0 radical (unpaired) electrons. The van der Waals surface area contributed by atoms with Gasteiger partial charge < -0.3 is 10.6 Å². The van der Waals surface area contributed by atoms with Crippen molar-refractivity contribution in [3.05, 3.63) is 70.7 Å². The van der Waals surface area contributed by atoms with Crippen LogP contribution in [0, 0.1) is 0 Å². The van der Waals surface area contributed by atoms with Crippen molar-refractivity contribution in [1.29, 1.82) is 0 Å². The van der Waals surface area contributed by atoms with Gasteiger partial charge in [0.15, 0.2) is 0 Å². The molecule has 2 rings (SSSR count). The fourth-order valence-electron chi connectivity index (χ4n) is 2.33. The fraction of sp³-hybridized carbons (Fsp3) is 0.278. The number of hydrogen-bond acceptors (Lipinski definition) is 2. The van der Waals surface area contributed by atoms with Crippen molar-refractivity contribution in [1.82, 2.24) is 4.90 Å². The zero-order valence-corrected chi connectivity index (χ0v) is 14.8. The average Bonchev–Trinajstić information content (AvgIpc) is 2.55. The molecule has 0 spiro atoms. The number of nitrogens with two attached hydrogens (primary N) is 1. The van der Waals surface area contributed by atoms with E-state index in [0.29, 0.717) is 11.4 Å². The van der Waals surface area contributed by atoms with Crippen LogP contribution >= 0.6 is 24.0 Å². The van der Waals surface area contributed by atoms with Crippen molar-refractivity contribution in [2.75, 3.05) is 7.05 Å². The van der Waals surface area contributed by atoms with E-state index in [0.717, 1.165) is 11.1 Å². The first-order valence-corrected chi connectivity index (χ1v) is 7.68. The topological polar surface area (TPSA) is 46.3 Å². The normalized spacial score (nSPS) is 12.9. The number of hydrogen-bond donors (Lipinski definition) is 1. The molecule has 2 aromatic rings. The van der Waals surface area contributed by atoms with Crippen molar-refractivity contribution < 1.29 is 4.79 Å². The molecule has 0 heterocycles. The van der Waals surface area contributed by atoms with Crippen LogP contribution in [0.4, 0.5) is 0 Å². The van der Waals surface area contributed by atoms with Crippen molar-refractivity contribution >= 4 is 29.9 Å². The first kappa shape index (κ1) is 19.5. The van der Waals surface area contributed by atoms with Crippen LogP contribution in [0.2, 0.25) is 5.02 Å². The van der Waals surface area contributed by atoms with Gasteiger partial charge in [0.1, 0.15) is 0 Å². The van der Waals surface area contributed by atoms with Gasteiger partial charge in [0.05, 0.1) is 6.04 Å². The Bertz CT molecular complexity index is 617. The zero-order chi connectivity index (χ0) is 16.1. The summed E-state index contributed by atoms with van der Waals surface area (Å²) in [5.41, 5.74) is 8.15. The van der Waals surface area contributed by atoms with Crippen LogP contribution in [0.1, 0.15) is 36.6 Å². The SMILES string of the molecule is CC(c1ccc(Cl)cc1)N(C)C(=O)CC(N)c1ccccc1.Cl. The number of carbonyl (C=O) groups is 1. The van der Waals surface area contributed by atoms with E-state index in [2.05, 4.69) is 0 Å². The quantitative estimate of drug-likeness (QED) is 0.868. The molecule has 0 saturated heterocycles. The average molecular weight is 353 g/mol. The smallest absolute Gasteiger partial charge is 0.224 e. The van der Waals surface area contributed by atoms with Gasteiger partial charge in [-0.2, -0.15) is 0 Å². The highest BCUT2D eigenvalue weighted by molar-refractivity contribution is 6.30. The summed E-state index contributed by atoms with van der Waals surface area (Å²) in [6.45, 7) is 2.00. The van der Waals surface area contributed by atoms with E-state index in [1.165, 1.54) is 0 Å². The molecule has 2 unspecified atom stereocenters. The van der Waals surface area contributed by atoms with E-state index in [1.807, 2.05) is 61.5 Å². The Balaban J connectivity index is 0.00000264. The zero-order valence-electron chi connectivity index (χ0n) is 13.3. The summed E-state index contributed by atoms with van der Waals surface area (Å²) in [4.78, 5) is 14.2. The number of benzene rings is 2. The monoisotopic (exact) mass is 352 g/mol. The van der Waals surface area contributed by atoms with Gasteiger partial charge in [-0.15, -0.1) is 12.4 Å². The van der Waals surface area contributed by atoms with Crippen molar-refractivity contribution in [3.8, 4) is 0 Å². The van der Waals surface area contributed by atoms with E-state index in [9.17, 15) is 4.79 Å². The summed E-state index contributed by atoms with van der Waals surface area (Å²) < 4.78 is 0. The third-order valence-electron chi connectivity index (χ3n) is 3.95. The summed E-state index contributed by atoms with van der Waals surface area (Å²) in [6, 6.07) is 16.9. The van der Waals surface area contributed by atoms with Crippen LogP contribution in [0.5, 0.6) is 0 Å². The minimum Gasteiger partial charge on any atom is -0.339 e. The van der Waals surface area contributed by atoms with Gasteiger partial charge in [-0.25, -0.2) is 0 Å². The van der Waals surface area contributed by atoms with Crippen LogP contribution in [0.15, 0.2) is 54.6 Å². The van der Waals surface area contributed by atoms with E-state index in [4.69, 9.17) is 17.3 Å². The third kappa shape index (κ3) is 5.24. The Labute approximate surface area is 148 Å². The lowest BCUT2D eigenvalue weighted by atomic mass is 10.0. The lowest BCUT2D eigenvalue weighted by Crippen LogP contribution is -2.32. The first-order chi connectivity index (χ1) is 10.5. The molecule has 0 aromatic heterocycles. The molecule has 5 heteroatoms. The van der Waals surface area contributed by atoms with E-state index < -0.39 is 0 Å². The minimum atomic E-state index is -0.284. The molecule has 2 atom stereocenters. The van der Waals surface area contributed by atoms with Gasteiger partial charge in [-0.3, -0.25) is 4.79 Å². The van der Waals surface area contributed by atoms with Crippen LogP contribution in [-0.2, 0) is 4.79 Å². The Hall–Kier alpha value is -1.55. The van der Waals surface area contributed by atoms with Gasteiger partial charge in [-0.1, -0.05) is 54.1 Å². The van der Waals surface area contributed by atoms with E-state index in [-0.39, 0.29) is 30.4 Å². The highest BCUT2D eigenvalue weighted by Crippen LogP contribution is 2.23. The molecule has 0 fully saturated rings. The molecule has 0 aliphatic heterocycles. The number of carbonyl (C=O) groups excluding carboxylic acids is 1. The number of amides is 1. The van der Waals surface area contributed by atoms with Crippen LogP contribution < -0.4 is 5.73 Å². The first-order valence-electron chi connectivity index (χ1n) is 7.30. The molecule has 0 saturated carbocycles. The van der Waals surface area contributed by atoms with Crippen LogP contribution in [0.25, 0.3) is 0 Å². The van der Waals surface area contributed by atoms with Gasteiger partial charge in [0.2, 0.25) is 5.91 Å². The highest BCUT2D eigenvalue weighted by Gasteiger charge is 2.20. The van der Waals surface area contributed by atoms with Gasteiger partial charge in [0.25, 0.3) is 0 Å². The lowest BCUT2D eigenvalue weighted by molar-refractivity contribution is -0.132. The van der Waals surface area contributed by atoms with Gasteiger partial charge >= 0.3 is 0 Å². The fourth-order valence-corrected chi connectivity index (χ4v) is 2.46. The largest absolute Gasteiger partial charge is 0.339 e. The summed E-state index contributed by atoms with van der Waals surface area (Å²) >= 11 is 5.90. The molecular weight excluding hydrogens is 331 g/mol. The molecular formula is C18H22Cl2N2O. The predicted molar refractivity (Wildman–Crippen MR) is 97.9 cm³/mol. The summed E-state index contributed by atoms with van der Waals surface area (Å²) in [7, 11) is 1.80. The molecule has 0 aliphatic rings. The maximum absolute atomic E-state index is 12.4. The standard InChI is InChI=1S/C18H21ClN2O.ClH/c1-13(14-8-10-16(19)11-9-14)21(2)18(22)12-17(20)15-6-4-3-5-7-15;/h3-11,13,17H,12,20H2,1-2H3;1H. The van der Waals surface area contributed by atoms with E-state index in [1.54, 1.807) is 11.9 Å². The molecule has 3 nitrogen and oxygen atoms in total. The van der Waals surface area contributed by atoms with Crippen molar-refractivity contribution in [2.24, 2.45) is 5.73 Å². The molecule has 23 heavy (non-hydrogen) atoms. The molecule has 0 bridgehead atoms. The predicted octanol–water partition coefficient (Wildman–Crippen LogP) is 4.37. The second-order valence-corrected chi connectivity index (χ2v) is 5.89. The number of halogens is 2. The van der Waals surface area contributed by atoms with Crippen LogP contribution in [-0.4, -0.2) is 17.9 Å². The number of rotatable bonds is 5. The van der Waals surface area contributed by atoms with Gasteiger partial charge in [-0.05, 0) is 30.2 Å². The maximum Gasteiger partial charge on any atom is 0.224 e. The van der Waals surface area contributed by atoms with Crippen LogP contribution in [0.3, 0.4) is 0 Å². The molecule has 1 amide bonds. The summed E-state index contributed by atoms with van der Waals surface area (Å²) in [5, 5.41) is 0.691. The second-order valence-electron chi connectivity index (χ2n) is 5.45.